The average Bonchev–Trinajstić information content (AvgIpc) is 2.17. The summed E-state index contributed by atoms with van der Waals surface area (Å²) in [5, 5.41) is 0.645. The van der Waals surface area contributed by atoms with Crippen molar-refractivity contribution in [1.29, 1.82) is 0 Å². The van der Waals surface area contributed by atoms with Crippen LogP contribution in [0.25, 0.3) is 0 Å². The molecule has 0 saturated heterocycles. The van der Waals surface area contributed by atoms with E-state index in [-0.39, 0.29) is 5.41 Å². The van der Waals surface area contributed by atoms with E-state index in [0.29, 0.717) is 15.7 Å². The molecule has 1 aromatic rings. The second kappa shape index (κ2) is 5.37. The van der Waals surface area contributed by atoms with Gasteiger partial charge in [0.05, 0.1) is 5.02 Å². The van der Waals surface area contributed by atoms with Crippen molar-refractivity contribution >= 4 is 33.3 Å². The van der Waals surface area contributed by atoms with Crippen LogP contribution in [-0.2, 0) is 6.42 Å². The zero-order chi connectivity index (χ0) is 12.3. The number of halogens is 2. The lowest BCUT2D eigenvalue weighted by molar-refractivity contribution is 0.386. The van der Waals surface area contributed by atoms with Gasteiger partial charge in [0.2, 0.25) is 0 Å². The van der Waals surface area contributed by atoms with Gasteiger partial charge in [-0.05, 0) is 29.9 Å². The number of nitrogen functional groups attached to an aromatic ring is 1. The first-order valence-corrected chi connectivity index (χ1v) is 6.64. The zero-order valence-corrected chi connectivity index (χ0v) is 12.3. The topological polar surface area (TPSA) is 38.9 Å². The Morgan fingerprint density at radius 2 is 2.12 bits per heavy atom. The van der Waals surface area contributed by atoms with E-state index in [1.165, 1.54) is 0 Å². The van der Waals surface area contributed by atoms with E-state index in [0.717, 1.165) is 18.4 Å². The minimum atomic E-state index is 0.251. The summed E-state index contributed by atoms with van der Waals surface area (Å²) in [7, 11) is 0. The van der Waals surface area contributed by atoms with E-state index in [1.807, 2.05) is 6.07 Å². The SMILES string of the molecule is CC(C)(C)C(Br)CCc1cc(Cl)cnc1N. The van der Waals surface area contributed by atoms with Crippen molar-refractivity contribution in [3.05, 3.63) is 22.8 Å². The molecular weight excluding hydrogens is 288 g/mol. The number of nitrogens with two attached hydrogens (primary N) is 1. The molecule has 1 rings (SSSR count). The van der Waals surface area contributed by atoms with Gasteiger partial charge in [-0.2, -0.15) is 0 Å². The van der Waals surface area contributed by atoms with Crippen LogP contribution in [0.5, 0.6) is 0 Å². The van der Waals surface area contributed by atoms with Crippen LogP contribution < -0.4 is 5.73 Å². The summed E-state index contributed by atoms with van der Waals surface area (Å²) in [4.78, 5) is 4.51. The third kappa shape index (κ3) is 3.95. The highest BCUT2D eigenvalue weighted by Gasteiger charge is 2.21. The highest BCUT2D eigenvalue weighted by molar-refractivity contribution is 9.09. The first kappa shape index (κ1) is 13.8. The van der Waals surface area contributed by atoms with Gasteiger partial charge in [0.25, 0.3) is 0 Å². The fourth-order valence-electron chi connectivity index (χ4n) is 1.41. The van der Waals surface area contributed by atoms with Crippen LogP contribution in [0.3, 0.4) is 0 Å². The Labute approximate surface area is 111 Å². The standard InChI is InChI=1S/C12H18BrClN2/c1-12(2,3)10(13)5-4-8-6-9(14)7-16-11(8)15/h6-7,10H,4-5H2,1-3H3,(H2,15,16). The van der Waals surface area contributed by atoms with Crippen molar-refractivity contribution in [1.82, 2.24) is 4.98 Å². The molecule has 0 aliphatic carbocycles. The van der Waals surface area contributed by atoms with Gasteiger partial charge in [0, 0.05) is 11.0 Å². The fourth-order valence-corrected chi connectivity index (χ4v) is 1.82. The highest BCUT2D eigenvalue weighted by Crippen LogP contribution is 2.30. The van der Waals surface area contributed by atoms with Gasteiger partial charge in [-0.25, -0.2) is 4.98 Å². The van der Waals surface area contributed by atoms with Gasteiger partial charge >= 0.3 is 0 Å². The Morgan fingerprint density at radius 1 is 1.50 bits per heavy atom. The second-order valence-corrected chi connectivity index (χ2v) is 6.61. The molecule has 2 N–H and O–H groups in total. The summed E-state index contributed by atoms with van der Waals surface area (Å²) in [6, 6.07) is 1.90. The lowest BCUT2D eigenvalue weighted by atomic mass is 9.89. The molecule has 1 atom stereocenters. The lowest BCUT2D eigenvalue weighted by Gasteiger charge is -2.25. The molecule has 0 aliphatic heterocycles. The normalized spacial score (nSPS) is 13.8. The molecule has 4 heteroatoms. The molecular formula is C12H18BrClN2. The zero-order valence-electron chi connectivity index (χ0n) is 9.93. The minimum absolute atomic E-state index is 0.251. The Bertz CT molecular complexity index is 361. The molecule has 16 heavy (non-hydrogen) atoms. The molecule has 0 aliphatic rings. The summed E-state index contributed by atoms with van der Waals surface area (Å²) in [5.41, 5.74) is 7.08. The molecule has 1 unspecified atom stereocenters. The summed E-state index contributed by atoms with van der Waals surface area (Å²) >= 11 is 9.60. The van der Waals surface area contributed by atoms with Crippen molar-refractivity contribution in [3.8, 4) is 0 Å². The third-order valence-corrected chi connectivity index (χ3v) is 4.61. The van der Waals surface area contributed by atoms with Crippen molar-refractivity contribution in [2.24, 2.45) is 5.41 Å². The molecule has 0 bridgehead atoms. The van der Waals surface area contributed by atoms with E-state index in [2.05, 4.69) is 41.7 Å². The number of hydrogen-bond acceptors (Lipinski definition) is 2. The van der Waals surface area contributed by atoms with Crippen molar-refractivity contribution < 1.29 is 0 Å². The average molecular weight is 306 g/mol. The molecule has 1 heterocycles. The minimum Gasteiger partial charge on any atom is -0.383 e. The first-order valence-electron chi connectivity index (χ1n) is 5.34. The van der Waals surface area contributed by atoms with Gasteiger partial charge in [-0.3, -0.25) is 0 Å². The van der Waals surface area contributed by atoms with E-state index in [1.54, 1.807) is 6.20 Å². The van der Waals surface area contributed by atoms with Gasteiger partial charge < -0.3 is 5.73 Å². The quantitative estimate of drug-likeness (QED) is 0.855. The predicted octanol–water partition coefficient (Wildman–Crippen LogP) is 4.06. The maximum atomic E-state index is 5.89. The molecule has 0 saturated carbocycles. The van der Waals surface area contributed by atoms with Crippen LogP contribution in [0.15, 0.2) is 12.3 Å². The number of rotatable bonds is 3. The summed E-state index contributed by atoms with van der Waals surface area (Å²) in [6.07, 6.45) is 3.50. The molecule has 0 spiro atoms. The largest absolute Gasteiger partial charge is 0.383 e. The molecule has 1 aromatic heterocycles. The van der Waals surface area contributed by atoms with E-state index in [9.17, 15) is 0 Å². The van der Waals surface area contributed by atoms with Crippen LogP contribution in [0.1, 0.15) is 32.8 Å². The number of anilines is 1. The number of alkyl halides is 1. The first-order chi connectivity index (χ1) is 7.30. The lowest BCUT2D eigenvalue weighted by Crippen LogP contribution is -2.20. The van der Waals surface area contributed by atoms with Crippen LogP contribution in [-0.4, -0.2) is 9.81 Å². The number of pyridine rings is 1. The van der Waals surface area contributed by atoms with E-state index in [4.69, 9.17) is 17.3 Å². The maximum Gasteiger partial charge on any atom is 0.126 e. The maximum absolute atomic E-state index is 5.89. The third-order valence-electron chi connectivity index (χ3n) is 2.57. The Morgan fingerprint density at radius 3 is 2.69 bits per heavy atom. The summed E-state index contributed by atoms with van der Waals surface area (Å²) < 4.78 is 0. The molecule has 0 fully saturated rings. The van der Waals surface area contributed by atoms with E-state index < -0.39 is 0 Å². The van der Waals surface area contributed by atoms with Gasteiger partial charge in [-0.15, -0.1) is 0 Å². The number of aromatic nitrogens is 1. The second-order valence-electron chi connectivity index (χ2n) is 5.07. The predicted molar refractivity (Wildman–Crippen MR) is 74.2 cm³/mol. The Balaban J connectivity index is 2.64. The van der Waals surface area contributed by atoms with E-state index >= 15 is 0 Å². The number of nitrogens with zero attached hydrogens (tertiary/aromatic N) is 1. The number of aryl methyl sites for hydroxylation is 1. The van der Waals surface area contributed by atoms with Gasteiger partial charge in [0.15, 0.2) is 0 Å². The Kier molecular flexibility index (Phi) is 4.62. The Hall–Kier alpha value is -0.280. The monoisotopic (exact) mass is 304 g/mol. The van der Waals surface area contributed by atoms with Crippen molar-refractivity contribution in [2.75, 3.05) is 5.73 Å². The molecule has 0 aromatic carbocycles. The number of hydrogen-bond donors (Lipinski definition) is 1. The van der Waals surface area contributed by atoms with Gasteiger partial charge in [0.1, 0.15) is 5.82 Å². The highest BCUT2D eigenvalue weighted by atomic mass is 79.9. The van der Waals surface area contributed by atoms with Crippen LogP contribution in [0, 0.1) is 5.41 Å². The van der Waals surface area contributed by atoms with Crippen LogP contribution in [0.4, 0.5) is 5.82 Å². The van der Waals surface area contributed by atoms with Crippen molar-refractivity contribution in [2.45, 2.75) is 38.4 Å². The smallest absolute Gasteiger partial charge is 0.126 e. The van der Waals surface area contributed by atoms with Crippen LogP contribution in [0.2, 0.25) is 5.02 Å². The fraction of sp³-hybridized carbons (Fsp3) is 0.583. The molecule has 0 radical (unpaired) electrons. The molecule has 90 valence electrons. The summed E-state index contributed by atoms with van der Waals surface area (Å²) in [5.74, 6) is 0.581. The molecule has 2 nitrogen and oxygen atoms in total. The van der Waals surface area contributed by atoms with Gasteiger partial charge in [-0.1, -0.05) is 48.3 Å². The van der Waals surface area contributed by atoms with Crippen molar-refractivity contribution in [3.63, 3.8) is 0 Å². The summed E-state index contributed by atoms with van der Waals surface area (Å²) in [6.45, 7) is 6.64. The molecule has 0 amide bonds. The van der Waals surface area contributed by atoms with Crippen LogP contribution >= 0.6 is 27.5 Å².